The molecule has 3 heteroatoms. The zero-order valence-corrected chi connectivity index (χ0v) is 14.5. The molecule has 2 nitrogen and oxygen atoms in total. The summed E-state index contributed by atoms with van der Waals surface area (Å²) in [7, 11) is 0. The number of piperidine rings is 1. The van der Waals surface area contributed by atoms with Gasteiger partial charge in [0.2, 0.25) is 0 Å². The molecular weight excluding hydrogens is 275 g/mol. The number of nitrogens with one attached hydrogen (secondary N) is 1. The summed E-state index contributed by atoms with van der Waals surface area (Å²) in [6, 6.07) is 5.94. The number of anilines is 1. The summed E-state index contributed by atoms with van der Waals surface area (Å²) < 4.78 is 14.5. The van der Waals surface area contributed by atoms with Crippen molar-refractivity contribution in [2.75, 3.05) is 24.5 Å². The molecular formula is C19H31FN2. The molecule has 0 spiro atoms. The number of nitrogens with zero attached hydrogens (tertiary/aromatic N) is 1. The number of hydrogen-bond donors (Lipinski definition) is 1. The van der Waals surface area contributed by atoms with Gasteiger partial charge in [0.25, 0.3) is 0 Å². The molecule has 1 N–H and O–H groups in total. The van der Waals surface area contributed by atoms with E-state index in [0.717, 1.165) is 43.7 Å². The van der Waals surface area contributed by atoms with Crippen molar-refractivity contribution < 1.29 is 4.39 Å². The van der Waals surface area contributed by atoms with Gasteiger partial charge in [0, 0.05) is 19.1 Å². The normalized spacial score (nSPS) is 20.5. The van der Waals surface area contributed by atoms with E-state index in [4.69, 9.17) is 0 Å². The fraction of sp³-hybridized carbons (Fsp3) is 0.684. The molecule has 1 fully saturated rings. The van der Waals surface area contributed by atoms with E-state index in [0.29, 0.717) is 11.8 Å². The van der Waals surface area contributed by atoms with E-state index < -0.39 is 0 Å². The minimum absolute atomic E-state index is 0.0795. The first-order valence-electron chi connectivity index (χ1n) is 8.75. The molecule has 2 rings (SSSR count). The fourth-order valence-corrected chi connectivity index (χ4v) is 3.16. The van der Waals surface area contributed by atoms with Crippen molar-refractivity contribution in [2.24, 2.45) is 11.8 Å². The Labute approximate surface area is 135 Å². The molecule has 0 saturated carbocycles. The lowest BCUT2D eigenvalue weighted by atomic mass is 9.99. The Balaban J connectivity index is 1.99. The third-order valence-electron chi connectivity index (χ3n) is 4.64. The Hall–Kier alpha value is -1.09. The lowest BCUT2D eigenvalue weighted by molar-refractivity contribution is 0.441. The Morgan fingerprint density at radius 2 is 2.09 bits per heavy atom. The van der Waals surface area contributed by atoms with Crippen LogP contribution >= 0.6 is 0 Å². The van der Waals surface area contributed by atoms with Crippen LogP contribution in [-0.4, -0.2) is 19.6 Å². The zero-order chi connectivity index (χ0) is 16.1. The summed E-state index contributed by atoms with van der Waals surface area (Å²) in [5.74, 6) is 1.27. The second kappa shape index (κ2) is 7.96. The van der Waals surface area contributed by atoms with E-state index in [1.165, 1.54) is 6.42 Å². The van der Waals surface area contributed by atoms with E-state index in [9.17, 15) is 4.39 Å². The molecule has 0 aliphatic carbocycles. The second-order valence-corrected chi connectivity index (χ2v) is 7.26. The highest BCUT2D eigenvalue weighted by molar-refractivity contribution is 5.50. The van der Waals surface area contributed by atoms with Crippen LogP contribution in [-0.2, 0) is 0 Å². The quantitative estimate of drug-likeness (QED) is 0.815. The van der Waals surface area contributed by atoms with Crippen LogP contribution in [0, 0.1) is 17.7 Å². The van der Waals surface area contributed by atoms with Gasteiger partial charge in [0.1, 0.15) is 5.82 Å². The second-order valence-electron chi connectivity index (χ2n) is 7.26. The molecule has 1 saturated heterocycles. The molecule has 2 atom stereocenters. The Morgan fingerprint density at radius 3 is 2.73 bits per heavy atom. The topological polar surface area (TPSA) is 15.3 Å². The predicted octanol–water partition coefficient (Wildman–Crippen LogP) is 4.76. The van der Waals surface area contributed by atoms with Crippen molar-refractivity contribution in [1.29, 1.82) is 0 Å². The highest BCUT2D eigenvalue weighted by Crippen LogP contribution is 2.27. The number of hydrogen-bond acceptors (Lipinski definition) is 2. The van der Waals surface area contributed by atoms with E-state index >= 15 is 0 Å². The van der Waals surface area contributed by atoms with Crippen molar-refractivity contribution in [2.45, 2.75) is 53.0 Å². The van der Waals surface area contributed by atoms with Crippen LogP contribution in [0.2, 0.25) is 0 Å². The average Bonchev–Trinajstić information content (AvgIpc) is 2.46. The molecule has 0 aromatic heterocycles. The summed E-state index contributed by atoms with van der Waals surface area (Å²) in [5.41, 5.74) is 1.81. The van der Waals surface area contributed by atoms with E-state index in [1.807, 2.05) is 6.07 Å². The Morgan fingerprint density at radius 1 is 1.32 bits per heavy atom. The summed E-state index contributed by atoms with van der Waals surface area (Å²) in [6.45, 7) is 11.7. The first-order valence-corrected chi connectivity index (χ1v) is 8.75. The van der Waals surface area contributed by atoms with Crippen molar-refractivity contribution in [1.82, 2.24) is 5.32 Å². The van der Waals surface area contributed by atoms with Gasteiger partial charge in [-0.2, -0.15) is 0 Å². The smallest absolute Gasteiger partial charge is 0.146 e. The minimum Gasteiger partial charge on any atom is -0.369 e. The summed E-state index contributed by atoms with van der Waals surface area (Å²) >= 11 is 0. The lowest BCUT2D eigenvalue weighted by Crippen LogP contribution is -2.34. The molecule has 22 heavy (non-hydrogen) atoms. The first-order chi connectivity index (χ1) is 10.5. The van der Waals surface area contributed by atoms with Crippen LogP contribution < -0.4 is 10.2 Å². The molecule has 1 aromatic rings. The molecule has 0 radical (unpaired) electrons. The first kappa shape index (κ1) is 17.3. The van der Waals surface area contributed by atoms with E-state index in [2.05, 4.69) is 44.0 Å². The molecule has 0 unspecified atom stereocenters. The maximum absolute atomic E-state index is 14.5. The predicted molar refractivity (Wildman–Crippen MR) is 92.9 cm³/mol. The van der Waals surface area contributed by atoms with Gasteiger partial charge in [-0.05, 0) is 62.3 Å². The van der Waals surface area contributed by atoms with Crippen LogP contribution in [0.5, 0.6) is 0 Å². The van der Waals surface area contributed by atoms with Crippen molar-refractivity contribution >= 4 is 5.69 Å². The summed E-state index contributed by atoms with van der Waals surface area (Å²) in [6.07, 6.45) is 3.57. The van der Waals surface area contributed by atoms with Crippen LogP contribution in [0.3, 0.4) is 0 Å². The van der Waals surface area contributed by atoms with Crippen LogP contribution in [0.1, 0.15) is 58.6 Å². The van der Waals surface area contributed by atoms with Crippen molar-refractivity contribution in [3.05, 3.63) is 29.6 Å². The van der Waals surface area contributed by atoms with Gasteiger partial charge in [-0.3, -0.25) is 0 Å². The lowest BCUT2D eigenvalue weighted by Gasteiger charge is -2.33. The van der Waals surface area contributed by atoms with Gasteiger partial charge in [0.15, 0.2) is 0 Å². The standard InChI is InChI=1S/C19H31FN2/c1-14(2)9-10-21-16(4)17-7-8-19(18(20)12-17)22-11-5-6-15(3)13-22/h7-8,12,14-16,21H,5-6,9-11,13H2,1-4H3/t15-,16+/m0/s1. The van der Waals surface area contributed by atoms with Gasteiger partial charge in [0.05, 0.1) is 5.69 Å². The molecule has 1 aliphatic rings. The van der Waals surface area contributed by atoms with Crippen LogP contribution in [0.15, 0.2) is 18.2 Å². The minimum atomic E-state index is -0.0795. The Bertz CT molecular complexity index is 473. The molecule has 1 aromatic carbocycles. The van der Waals surface area contributed by atoms with Gasteiger partial charge in [-0.15, -0.1) is 0 Å². The number of rotatable bonds is 6. The molecule has 0 amide bonds. The van der Waals surface area contributed by atoms with Crippen LogP contribution in [0.25, 0.3) is 0 Å². The molecule has 124 valence electrons. The SMILES string of the molecule is CC(C)CCN[C@H](C)c1ccc(N2CCC[C@H](C)C2)c(F)c1. The third kappa shape index (κ3) is 4.70. The number of benzene rings is 1. The zero-order valence-electron chi connectivity index (χ0n) is 14.5. The van der Waals surface area contributed by atoms with Crippen molar-refractivity contribution in [3.8, 4) is 0 Å². The monoisotopic (exact) mass is 306 g/mol. The largest absolute Gasteiger partial charge is 0.369 e. The molecule has 1 aliphatic heterocycles. The summed E-state index contributed by atoms with van der Waals surface area (Å²) in [5, 5.41) is 3.48. The average molecular weight is 306 g/mol. The molecule has 1 heterocycles. The number of halogens is 1. The third-order valence-corrected chi connectivity index (χ3v) is 4.64. The van der Waals surface area contributed by atoms with Gasteiger partial charge >= 0.3 is 0 Å². The highest BCUT2D eigenvalue weighted by atomic mass is 19.1. The molecule has 0 bridgehead atoms. The van der Waals surface area contributed by atoms with Crippen LogP contribution in [0.4, 0.5) is 10.1 Å². The van der Waals surface area contributed by atoms with Gasteiger partial charge < -0.3 is 10.2 Å². The maximum Gasteiger partial charge on any atom is 0.146 e. The van der Waals surface area contributed by atoms with Gasteiger partial charge in [-0.25, -0.2) is 4.39 Å². The highest BCUT2D eigenvalue weighted by Gasteiger charge is 2.19. The fourth-order valence-electron chi connectivity index (χ4n) is 3.16. The van der Waals surface area contributed by atoms with E-state index in [1.54, 1.807) is 6.07 Å². The van der Waals surface area contributed by atoms with Gasteiger partial charge in [-0.1, -0.05) is 26.8 Å². The maximum atomic E-state index is 14.5. The summed E-state index contributed by atoms with van der Waals surface area (Å²) in [4.78, 5) is 2.20. The van der Waals surface area contributed by atoms with E-state index in [-0.39, 0.29) is 11.9 Å². The Kier molecular flexibility index (Phi) is 6.25. The van der Waals surface area contributed by atoms with Crippen molar-refractivity contribution in [3.63, 3.8) is 0 Å².